The van der Waals surface area contributed by atoms with Crippen LogP contribution in [0.4, 0.5) is 23.7 Å². The summed E-state index contributed by atoms with van der Waals surface area (Å²) in [5.41, 5.74) is 0.403. The van der Waals surface area contributed by atoms with Crippen molar-refractivity contribution in [1.29, 1.82) is 0 Å². The molecule has 0 saturated carbocycles. The van der Waals surface area contributed by atoms with Crippen molar-refractivity contribution in [1.82, 2.24) is 5.32 Å². The largest absolute Gasteiger partial charge is 0.416 e. The summed E-state index contributed by atoms with van der Waals surface area (Å²) in [6.45, 7) is 0.251. The van der Waals surface area contributed by atoms with Gasteiger partial charge in [-0.2, -0.15) is 13.2 Å². The highest BCUT2D eigenvalue weighted by atomic mass is 32.2. The normalized spacial score (nSPS) is 11.8. The molecule has 1 N–H and O–H groups in total. The fourth-order valence-electron chi connectivity index (χ4n) is 3.06. The summed E-state index contributed by atoms with van der Waals surface area (Å²) >= 11 is 0.755. The number of halogens is 3. The van der Waals surface area contributed by atoms with Gasteiger partial charge in [-0.05, 0) is 47.0 Å². The number of nitrogens with zero attached hydrogens (tertiary/aromatic N) is 1. The van der Waals surface area contributed by atoms with Crippen LogP contribution in [0, 0.1) is 12.3 Å². The monoisotopic (exact) mass is 468 g/mol. The van der Waals surface area contributed by atoms with Gasteiger partial charge in [-0.1, -0.05) is 66.7 Å². The lowest BCUT2D eigenvalue weighted by Gasteiger charge is -2.30. The van der Waals surface area contributed by atoms with Crippen molar-refractivity contribution in [2.24, 2.45) is 0 Å². The fourth-order valence-corrected chi connectivity index (χ4v) is 4.04. The van der Waals surface area contributed by atoms with Crippen molar-refractivity contribution >= 4 is 28.6 Å². The Morgan fingerprint density at radius 3 is 2.21 bits per heavy atom. The van der Waals surface area contributed by atoms with E-state index in [-0.39, 0.29) is 12.2 Å². The Balaban J connectivity index is 1.95. The van der Waals surface area contributed by atoms with Gasteiger partial charge in [0.15, 0.2) is 0 Å². The van der Waals surface area contributed by atoms with E-state index in [4.69, 9.17) is 6.42 Å². The predicted molar refractivity (Wildman–Crippen MR) is 123 cm³/mol. The molecule has 2 amide bonds. The van der Waals surface area contributed by atoms with Gasteiger partial charge in [-0.3, -0.25) is 14.5 Å². The minimum Gasteiger partial charge on any atom is -0.343 e. The molecule has 0 spiro atoms. The highest BCUT2D eigenvalue weighted by Gasteiger charge is 2.33. The third-order valence-corrected chi connectivity index (χ3v) is 5.68. The number of terminal acetylenes is 1. The molecule has 3 rings (SSSR count). The summed E-state index contributed by atoms with van der Waals surface area (Å²) in [7, 11) is 0. The predicted octanol–water partition coefficient (Wildman–Crippen LogP) is 6.01. The molecule has 4 nitrogen and oxygen atoms in total. The number of alkyl halides is 3. The first-order valence-electron chi connectivity index (χ1n) is 9.80. The van der Waals surface area contributed by atoms with Gasteiger partial charge in [0.25, 0.3) is 5.24 Å². The summed E-state index contributed by atoms with van der Waals surface area (Å²) in [4.78, 5) is 26.5. The number of hydrogen-bond donors (Lipinski definition) is 1. The van der Waals surface area contributed by atoms with Gasteiger partial charge in [0.05, 0.1) is 5.56 Å². The third-order valence-electron chi connectivity index (χ3n) is 4.61. The average molecular weight is 469 g/mol. The first kappa shape index (κ1) is 24.0. The van der Waals surface area contributed by atoms with Crippen LogP contribution in [0.3, 0.4) is 0 Å². The van der Waals surface area contributed by atoms with Gasteiger partial charge < -0.3 is 5.32 Å². The molecule has 1 unspecified atom stereocenters. The number of amides is 2. The first-order valence-corrected chi connectivity index (χ1v) is 10.7. The molecule has 33 heavy (non-hydrogen) atoms. The summed E-state index contributed by atoms with van der Waals surface area (Å²) < 4.78 is 39.9. The summed E-state index contributed by atoms with van der Waals surface area (Å²) in [5.74, 6) is 1.09. The molecule has 0 fully saturated rings. The van der Waals surface area contributed by atoms with Crippen LogP contribution in [0.15, 0.2) is 84.9 Å². The molecule has 0 radical (unpaired) electrons. The van der Waals surface area contributed by atoms with E-state index in [1.165, 1.54) is 12.1 Å². The quantitative estimate of drug-likeness (QED) is 0.356. The van der Waals surface area contributed by atoms with Gasteiger partial charge in [-0.25, -0.2) is 0 Å². The number of anilines is 1. The number of rotatable bonds is 6. The maximum absolute atomic E-state index is 13.3. The second-order valence-electron chi connectivity index (χ2n) is 6.88. The van der Waals surface area contributed by atoms with Crippen molar-refractivity contribution in [2.75, 3.05) is 4.90 Å². The Kier molecular flexibility index (Phi) is 7.80. The maximum Gasteiger partial charge on any atom is 0.416 e. The highest BCUT2D eigenvalue weighted by Crippen LogP contribution is 2.39. The minimum atomic E-state index is -4.61. The summed E-state index contributed by atoms with van der Waals surface area (Å²) in [5, 5.41) is 1.30. The first-order chi connectivity index (χ1) is 15.8. The lowest BCUT2D eigenvalue weighted by atomic mass is 10.1. The van der Waals surface area contributed by atoms with Crippen LogP contribution in [0.2, 0.25) is 0 Å². The average Bonchev–Trinajstić information content (AvgIpc) is 2.83. The van der Waals surface area contributed by atoms with Gasteiger partial charge in [-0.15, -0.1) is 6.42 Å². The second-order valence-corrected chi connectivity index (χ2v) is 7.93. The van der Waals surface area contributed by atoms with Gasteiger partial charge >= 0.3 is 12.1 Å². The van der Waals surface area contributed by atoms with Crippen LogP contribution in [0.25, 0.3) is 0 Å². The van der Waals surface area contributed by atoms with Crippen molar-refractivity contribution in [3.8, 4) is 12.3 Å². The van der Waals surface area contributed by atoms with E-state index in [9.17, 15) is 22.8 Å². The Bertz CT molecular complexity index is 1150. The Labute approximate surface area is 193 Å². The molecule has 168 valence electrons. The molecular weight excluding hydrogens is 449 g/mol. The molecule has 3 aromatic rings. The molecule has 0 aromatic heterocycles. The van der Waals surface area contributed by atoms with E-state index in [2.05, 4.69) is 5.32 Å². The zero-order valence-electron chi connectivity index (χ0n) is 17.3. The Morgan fingerprint density at radius 1 is 0.970 bits per heavy atom. The van der Waals surface area contributed by atoms with Gasteiger partial charge in [0, 0.05) is 12.2 Å². The van der Waals surface area contributed by atoms with E-state index in [1.807, 2.05) is 36.3 Å². The van der Waals surface area contributed by atoms with E-state index in [1.54, 1.807) is 30.3 Å². The lowest BCUT2D eigenvalue weighted by Crippen LogP contribution is -2.34. The number of carbonyl (C=O) groups excluding carboxylic acids is 2. The second kappa shape index (κ2) is 10.7. The SMILES string of the molecule is C#CC(=O)N(c1cccc(C(F)(F)F)c1)C(SC(=O)NCc1ccccc1)c1ccccc1. The number of thioether (sulfide) groups is 1. The minimum absolute atomic E-state index is 0.0648. The van der Waals surface area contributed by atoms with Crippen LogP contribution in [-0.2, 0) is 17.5 Å². The maximum atomic E-state index is 13.3. The fraction of sp³-hybridized carbons (Fsp3) is 0.120. The van der Waals surface area contributed by atoms with Crippen LogP contribution in [0.5, 0.6) is 0 Å². The number of carbonyl (C=O) groups is 2. The molecule has 0 saturated heterocycles. The molecule has 0 heterocycles. The van der Waals surface area contributed by atoms with Gasteiger partial charge in [0.1, 0.15) is 5.37 Å². The van der Waals surface area contributed by atoms with Crippen LogP contribution in [-0.4, -0.2) is 11.1 Å². The van der Waals surface area contributed by atoms with Crippen LogP contribution < -0.4 is 10.2 Å². The standard InChI is InChI=1S/C25H19F3N2O2S/c1-2-22(31)30(21-15-9-14-20(16-21)25(26,27)28)23(19-12-7-4-8-13-19)33-24(32)29-17-18-10-5-3-6-11-18/h1,3-16,23H,17H2,(H,29,32). The smallest absolute Gasteiger partial charge is 0.343 e. The van der Waals surface area contributed by atoms with E-state index >= 15 is 0 Å². The topological polar surface area (TPSA) is 49.4 Å². The number of nitrogens with one attached hydrogen (secondary N) is 1. The molecule has 1 atom stereocenters. The van der Waals surface area contributed by atoms with Crippen molar-refractivity contribution < 1.29 is 22.8 Å². The third kappa shape index (κ3) is 6.40. The van der Waals surface area contributed by atoms with Gasteiger partial charge in [0.2, 0.25) is 0 Å². The lowest BCUT2D eigenvalue weighted by molar-refractivity contribution is -0.137. The number of benzene rings is 3. The van der Waals surface area contributed by atoms with E-state index in [0.717, 1.165) is 34.4 Å². The van der Waals surface area contributed by atoms with E-state index in [0.29, 0.717) is 5.56 Å². The summed E-state index contributed by atoms with van der Waals surface area (Å²) in [6.07, 6.45) is 0.734. The Hall–Kier alpha value is -3.70. The van der Waals surface area contributed by atoms with Crippen molar-refractivity contribution in [3.05, 3.63) is 102 Å². The highest BCUT2D eigenvalue weighted by molar-refractivity contribution is 8.13. The van der Waals surface area contributed by atoms with Crippen LogP contribution >= 0.6 is 11.8 Å². The molecule has 0 bridgehead atoms. The summed E-state index contributed by atoms with van der Waals surface area (Å²) in [6, 6.07) is 22.0. The zero-order chi connectivity index (χ0) is 23.8. The molecule has 0 aliphatic carbocycles. The van der Waals surface area contributed by atoms with Crippen molar-refractivity contribution in [3.63, 3.8) is 0 Å². The number of hydrogen-bond acceptors (Lipinski definition) is 3. The molecular formula is C25H19F3N2O2S. The molecule has 0 aliphatic heterocycles. The molecule has 8 heteroatoms. The molecule has 3 aromatic carbocycles. The zero-order valence-corrected chi connectivity index (χ0v) is 18.1. The Morgan fingerprint density at radius 2 is 1.61 bits per heavy atom. The van der Waals surface area contributed by atoms with E-state index < -0.39 is 28.3 Å². The molecule has 0 aliphatic rings. The van der Waals surface area contributed by atoms with Crippen LogP contribution in [0.1, 0.15) is 22.1 Å². The van der Waals surface area contributed by atoms with Crippen molar-refractivity contribution in [2.45, 2.75) is 18.1 Å².